The monoisotopic (exact) mass is 242 g/mol. The van der Waals surface area contributed by atoms with Gasteiger partial charge in [0.25, 0.3) is 0 Å². The number of hydrogen-bond donors (Lipinski definition) is 2. The topological polar surface area (TPSA) is 38.0 Å². The second-order valence-electron chi connectivity index (χ2n) is 4.78. The molecule has 0 spiro atoms. The average molecular weight is 242 g/mol. The molecule has 2 aromatic carbocycles. The zero-order valence-electron chi connectivity index (χ0n) is 11.2. The number of nitrogens with two attached hydrogens (primary N) is 1. The van der Waals surface area contributed by atoms with Gasteiger partial charge in [-0.2, -0.15) is 0 Å². The molecule has 2 atom stereocenters. The second kappa shape index (κ2) is 5.98. The van der Waals surface area contributed by atoms with Crippen LogP contribution in [0.1, 0.15) is 24.9 Å². The minimum atomic E-state index is 0.338. The summed E-state index contributed by atoms with van der Waals surface area (Å²) in [6.07, 6.45) is 1.09. The van der Waals surface area contributed by atoms with E-state index < -0.39 is 0 Å². The molecule has 2 unspecified atom stereocenters. The van der Waals surface area contributed by atoms with E-state index >= 15 is 0 Å². The Balaban J connectivity index is 2.39. The van der Waals surface area contributed by atoms with Gasteiger partial charge in [-0.1, -0.05) is 49.7 Å². The first kappa shape index (κ1) is 13.1. The molecular formula is C16H22N2. The standard InChI is InChI=1S/C16H22N2/c1-3-12(11-17)16(18-2)15-9-8-13-6-4-5-7-14(13)10-15/h4-10,12,16,18H,3,11,17H2,1-2H3. The van der Waals surface area contributed by atoms with E-state index in [0.29, 0.717) is 12.0 Å². The van der Waals surface area contributed by atoms with Crippen LogP contribution in [0.2, 0.25) is 0 Å². The highest BCUT2D eigenvalue weighted by Crippen LogP contribution is 2.26. The van der Waals surface area contributed by atoms with Crippen molar-refractivity contribution in [3.63, 3.8) is 0 Å². The minimum absolute atomic E-state index is 0.338. The van der Waals surface area contributed by atoms with E-state index in [0.717, 1.165) is 13.0 Å². The van der Waals surface area contributed by atoms with E-state index in [2.05, 4.69) is 54.7 Å². The van der Waals surface area contributed by atoms with Gasteiger partial charge in [0, 0.05) is 6.04 Å². The summed E-state index contributed by atoms with van der Waals surface area (Å²) in [5, 5.41) is 5.99. The Kier molecular flexibility index (Phi) is 4.34. The predicted octanol–water partition coefficient (Wildman–Crippen LogP) is 3.09. The van der Waals surface area contributed by atoms with Gasteiger partial charge < -0.3 is 11.1 Å². The van der Waals surface area contributed by atoms with E-state index in [9.17, 15) is 0 Å². The van der Waals surface area contributed by atoms with Gasteiger partial charge in [-0.3, -0.25) is 0 Å². The number of nitrogens with one attached hydrogen (secondary N) is 1. The van der Waals surface area contributed by atoms with Gasteiger partial charge in [0.05, 0.1) is 0 Å². The zero-order chi connectivity index (χ0) is 13.0. The molecule has 0 saturated carbocycles. The van der Waals surface area contributed by atoms with Crippen molar-refractivity contribution in [2.45, 2.75) is 19.4 Å². The van der Waals surface area contributed by atoms with E-state index in [1.807, 2.05) is 7.05 Å². The van der Waals surface area contributed by atoms with Crippen LogP contribution < -0.4 is 11.1 Å². The third-order valence-electron chi connectivity index (χ3n) is 3.74. The van der Waals surface area contributed by atoms with Crippen LogP contribution in [0, 0.1) is 5.92 Å². The maximum Gasteiger partial charge on any atom is 0.0358 e. The van der Waals surface area contributed by atoms with E-state index in [1.165, 1.54) is 16.3 Å². The summed E-state index contributed by atoms with van der Waals surface area (Å²) in [5.41, 5.74) is 7.20. The van der Waals surface area contributed by atoms with Crippen LogP contribution in [0.3, 0.4) is 0 Å². The first-order valence-corrected chi connectivity index (χ1v) is 6.66. The van der Waals surface area contributed by atoms with E-state index in [-0.39, 0.29) is 0 Å². The fourth-order valence-electron chi connectivity index (χ4n) is 2.61. The van der Waals surface area contributed by atoms with Crippen molar-refractivity contribution in [2.24, 2.45) is 11.7 Å². The Morgan fingerprint density at radius 1 is 1.11 bits per heavy atom. The summed E-state index contributed by atoms with van der Waals surface area (Å²) < 4.78 is 0. The van der Waals surface area contributed by atoms with Gasteiger partial charge in [-0.15, -0.1) is 0 Å². The number of fused-ring (bicyclic) bond motifs is 1. The van der Waals surface area contributed by atoms with Crippen LogP contribution in [0.4, 0.5) is 0 Å². The van der Waals surface area contributed by atoms with Crippen molar-refractivity contribution in [3.05, 3.63) is 48.0 Å². The highest BCUT2D eigenvalue weighted by Gasteiger charge is 2.18. The Labute approximate surface area is 109 Å². The number of hydrogen-bond acceptors (Lipinski definition) is 2. The summed E-state index contributed by atoms with van der Waals surface area (Å²) in [4.78, 5) is 0. The van der Waals surface area contributed by atoms with Crippen LogP contribution in [0.5, 0.6) is 0 Å². The Hall–Kier alpha value is -1.38. The van der Waals surface area contributed by atoms with Gasteiger partial charge in [-0.25, -0.2) is 0 Å². The lowest BCUT2D eigenvalue weighted by Gasteiger charge is -2.25. The van der Waals surface area contributed by atoms with Crippen LogP contribution in [-0.2, 0) is 0 Å². The summed E-state index contributed by atoms with van der Waals surface area (Å²) in [5.74, 6) is 0.483. The molecule has 2 nitrogen and oxygen atoms in total. The van der Waals surface area contributed by atoms with E-state index in [1.54, 1.807) is 0 Å². The molecule has 0 saturated heterocycles. The summed E-state index contributed by atoms with van der Waals surface area (Å²) in [7, 11) is 2.01. The molecule has 2 aromatic rings. The lowest BCUT2D eigenvalue weighted by atomic mass is 9.90. The van der Waals surface area contributed by atoms with Crippen molar-refractivity contribution in [1.82, 2.24) is 5.32 Å². The molecule has 0 bridgehead atoms. The SMILES string of the molecule is CCC(CN)C(NC)c1ccc2ccccc2c1. The zero-order valence-corrected chi connectivity index (χ0v) is 11.2. The largest absolute Gasteiger partial charge is 0.330 e. The van der Waals surface area contributed by atoms with Gasteiger partial charge in [0.1, 0.15) is 0 Å². The minimum Gasteiger partial charge on any atom is -0.330 e. The average Bonchev–Trinajstić information content (AvgIpc) is 2.44. The molecule has 2 rings (SSSR count). The Bertz CT molecular complexity index is 503. The molecular weight excluding hydrogens is 220 g/mol. The second-order valence-corrected chi connectivity index (χ2v) is 4.78. The molecule has 0 fully saturated rings. The Morgan fingerprint density at radius 3 is 2.44 bits per heavy atom. The first-order chi connectivity index (χ1) is 8.80. The molecule has 3 N–H and O–H groups in total. The van der Waals surface area contributed by atoms with Crippen molar-refractivity contribution in [1.29, 1.82) is 0 Å². The maximum absolute atomic E-state index is 5.87. The quantitative estimate of drug-likeness (QED) is 0.845. The predicted molar refractivity (Wildman–Crippen MR) is 78.6 cm³/mol. The number of benzene rings is 2. The third-order valence-corrected chi connectivity index (χ3v) is 3.74. The summed E-state index contributed by atoms with van der Waals surface area (Å²) in [6.45, 7) is 2.91. The fraction of sp³-hybridized carbons (Fsp3) is 0.375. The molecule has 0 aliphatic carbocycles. The smallest absolute Gasteiger partial charge is 0.0358 e. The van der Waals surface area contributed by atoms with Crippen molar-refractivity contribution in [2.75, 3.05) is 13.6 Å². The van der Waals surface area contributed by atoms with Crippen molar-refractivity contribution in [3.8, 4) is 0 Å². The summed E-state index contributed by atoms with van der Waals surface area (Å²) >= 11 is 0. The van der Waals surface area contributed by atoms with Gasteiger partial charge in [0.2, 0.25) is 0 Å². The van der Waals surface area contributed by atoms with Crippen molar-refractivity contribution >= 4 is 10.8 Å². The lowest BCUT2D eigenvalue weighted by Crippen LogP contribution is -2.30. The Morgan fingerprint density at radius 2 is 1.83 bits per heavy atom. The third kappa shape index (κ3) is 2.55. The molecule has 0 aliphatic rings. The molecule has 96 valence electrons. The molecule has 0 aliphatic heterocycles. The lowest BCUT2D eigenvalue weighted by molar-refractivity contribution is 0.378. The molecule has 2 heteroatoms. The molecule has 0 amide bonds. The molecule has 0 aromatic heterocycles. The van der Waals surface area contributed by atoms with Gasteiger partial charge in [-0.05, 0) is 41.9 Å². The van der Waals surface area contributed by atoms with Gasteiger partial charge in [0.15, 0.2) is 0 Å². The number of rotatable bonds is 5. The maximum atomic E-state index is 5.87. The van der Waals surface area contributed by atoms with Crippen LogP contribution >= 0.6 is 0 Å². The van der Waals surface area contributed by atoms with Crippen LogP contribution in [0.15, 0.2) is 42.5 Å². The first-order valence-electron chi connectivity index (χ1n) is 6.66. The van der Waals surface area contributed by atoms with Crippen molar-refractivity contribution < 1.29 is 0 Å². The van der Waals surface area contributed by atoms with Crippen LogP contribution in [-0.4, -0.2) is 13.6 Å². The van der Waals surface area contributed by atoms with Gasteiger partial charge >= 0.3 is 0 Å². The molecule has 18 heavy (non-hydrogen) atoms. The summed E-state index contributed by atoms with van der Waals surface area (Å²) in [6, 6.07) is 15.5. The van der Waals surface area contributed by atoms with E-state index in [4.69, 9.17) is 5.73 Å². The highest BCUT2D eigenvalue weighted by atomic mass is 14.9. The highest BCUT2D eigenvalue weighted by molar-refractivity contribution is 5.83. The fourth-order valence-corrected chi connectivity index (χ4v) is 2.61. The normalized spacial score (nSPS) is 14.6. The molecule has 0 heterocycles. The molecule has 0 radical (unpaired) electrons. The van der Waals surface area contributed by atoms with Crippen LogP contribution in [0.25, 0.3) is 10.8 Å².